The normalized spacial score (nSPS) is 10.2. The number of anilines is 1. The molecule has 2 rings (SSSR count). The molecule has 1 amide bonds. The second-order valence-corrected chi connectivity index (χ2v) is 5.57. The van der Waals surface area contributed by atoms with Crippen LogP contribution in [0.2, 0.25) is 5.02 Å². The largest absolute Gasteiger partial charge is 0.484 e. The maximum absolute atomic E-state index is 12.7. The molecule has 0 heterocycles. The van der Waals surface area contributed by atoms with Gasteiger partial charge in [-0.2, -0.15) is 0 Å². The first-order valence-electron chi connectivity index (χ1n) is 5.68. The summed E-state index contributed by atoms with van der Waals surface area (Å²) in [6, 6.07) is 10.8. The molecule has 0 saturated carbocycles. The van der Waals surface area contributed by atoms with Crippen LogP contribution in [0, 0.1) is 9.39 Å². The van der Waals surface area contributed by atoms with Gasteiger partial charge in [-0.1, -0.05) is 11.6 Å². The standard InChI is InChI=1S/C14H10ClFINO2/c15-12-7-10(17)3-6-13(12)18-14(19)8-20-11-4-1-9(16)2-5-11/h1-7H,8H2,(H,18,19). The molecule has 0 aliphatic heterocycles. The SMILES string of the molecule is O=C(COc1ccc(F)cc1)Nc1ccc(I)cc1Cl. The van der Waals surface area contributed by atoms with Gasteiger partial charge in [0.15, 0.2) is 6.61 Å². The maximum Gasteiger partial charge on any atom is 0.262 e. The van der Waals surface area contributed by atoms with E-state index in [4.69, 9.17) is 16.3 Å². The first-order chi connectivity index (χ1) is 9.54. The Morgan fingerprint density at radius 3 is 2.60 bits per heavy atom. The number of carbonyl (C=O) groups is 1. The predicted octanol–water partition coefficient (Wildman–Crippen LogP) is 4.10. The number of rotatable bonds is 4. The van der Waals surface area contributed by atoms with Crippen molar-refractivity contribution in [3.63, 3.8) is 0 Å². The molecule has 0 saturated heterocycles. The zero-order valence-electron chi connectivity index (χ0n) is 10.2. The fraction of sp³-hybridized carbons (Fsp3) is 0.0714. The highest BCUT2D eigenvalue weighted by atomic mass is 127. The molecule has 2 aromatic carbocycles. The molecule has 0 aliphatic rings. The van der Waals surface area contributed by atoms with E-state index in [1.54, 1.807) is 12.1 Å². The summed E-state index contributed by atoms with van der Waals surface area (Å²) in [6.07, 6.45) is 0. The second-order valence-electron chi connectivity index (χ2n) is 3.91. The van der Waals surface area contributed by atoms with Crippen LogP contribution in [0.4, 0.5) is 10.1 Å². The van der Waals surface area contributed by atoms with Crippen LogP contribution in [0.1, 0.15) is 0 Å². The minimum absolute atomic E-state index is 0.173. The highest BCUT2D eigenvalue weighted by Crippen LogP contribution is 2.23. The van der Waals surface area contributed by atoms with Crippen molar-refractivity contribution in [2.45, 2.75) is 0 Å². The van der Waals surface area contributed by atoms with Gasteiger partial charge in [0.25, 0.3) is 5.91 Å². The van der Waals surface area contributed by atoms with E-state index >= 15 is 0 Å². The fourth-order valence-electron chi connectivity index (χ4n) is 1.46. The predicted molar refractivity (Wildman–Crippen MR) is 84.7 cm³/mol. The van der Waals surface area contributed by atoms with Gasteiger partial charge < -0.3 is 10.1 Å². The summed E-state index contributed by atoms with van der Waals surface area (Å²) in [6.45, 7) is -0.173. The zero-order valence-corrected chi connectivity index (χ0v) is 13.1. The Hall–Kier alpha value is -1.34. The highest BCUT2D eigenvalue weighted by molar-refractivity contribution is 14.1. The van der Waals surface area contributed by atoms with Crippen LogP contribution >= 0.6 is 34.2 Å². The molecule has 3 nitrogen and oxygen atoms in total. The van der Waals surface area contributed by atoms with Crippen molar-refractivity contribution in [1.82, 2.24) is 0 Å². The molecular formula is C14H10ClFINO2. The van der Waals surface area contributed by atoms with Crippen LogP contribution in [-0.2, 0) is 4.79 Å². The lowest BCUT2D eigenvalue weighted by atomic mass is 10.3. The molecule has 0 atom stereocenters. The lowest BCUT2D eigenvalue weighted by molar-refractivity contribution is -0.118. The Kier molecular flexibility index (Phi) is 5.19. The average molecular weight is 406 g/mol. The third kappa shape index (κ3) is 4.35. The molecule has 0 bridgehead atoms. The minimum Gasteiger partial charge on any atom is -0.484 e. The number of ether oxygens (including phenoxy) is 1. The molecule has 0 radical (unpaired) electrons. The van der Waals surface area contributed by atoms with E-state index in [1.165, 1.54) is 24.3 Å². The molecule has 0 aromatic heterocycles. The van der Waals surface area contributed by atoms with Crippen molar-refractivity contribution < 1.29 is 13.9 Å². The van der Waals surface area contributed by atoms with E-state index in [0.29, 0.717) is 16.5 Å². The number of nitrogens with one attached hydrogen (secondary N) is 1. The maximum atomic E-state index is 12.7. The smallest absolute Gasteiger partial charge is 0.262 e. The number of halogens is 3. The lowest BCUT2D eigenvalue weighted by Gasteiger charge is -2.09. The van der Waals surface area contributed by atoms with E-state index in [-0.39, 0.29) is 18.3 Å². The van der Waals surface area contributed by atoms with Gasteiger partial charge in [-0.15, -0.1) is 0 Å². The van der Waals surface area contributed by atoms with E-state index in [9.17, 15) is 9.18 Å². The topological polar surface area (TPSA) is 38.3 Å². The van der Waals surface area contributed by atoms with Crippen LogP contribution < -0.4 is 10.1 Å². The summed E-state index contributed by atoms with van der Waals surface area (Å²) in [7, 11) is 0. The van der Waals surface area contributed by atoms with Crippen LogP contribution in [0.25, 0.3) is 0 Å². The van der Waals surface area contributed by atoms with Gasteiger partial charge in [0, 0.05) is 3.57 Å². The van der Waals surface area contributed by atoms with Crippen molar-refractivity contribution in [2.24, 2.45) is 0 Å². The number of hydrogen-bond donors (Lipinski definition) is 1. The Labute approximate surface area is 134 Å². The second kappa shape index (κ2) is 6.90. The van der Waals surface area contributed by atoms with Crippen LogP contribution in [0.5, 0.6) is 5.75 Å². The van der Waals surface area contributed by atoms with Crippen LogP contribution in [0.15, 0.2) is 42.5 Å². The molecule has 0 unspecified atom stereocenters. The van der Waals surface area contributed by atoms with Crippen LogP contribution in [-0.4, -0.2) is 12.5 Å². The molecular weight excluding hydrogens is 396 g/mol. The summed E-state index contributed by atoms with van der Waals surface area (Å²) in [5, 5.41) is 3.11. The van der Waals surface area contributed by atoms with Crippen molar-refractivity contribution in [3.05, 3.63) is 56.9 Å². The van der Waals surface area contributed by atoms with Gasteiger partial charge in [0.05, 0.1) is 10.7 Å². The van der Waals surface area contributed by atoms with E-state index in [1.807, 2.05) is 6.07 Å². The first kappa shape index (κ1) is 15.1. The number of benzene rings is 2. The van der Waals surface area contributed by atoms with E-state index < -0.39 is 0 Å². The van der Waals surface area contributed by atoms with Gasteiger partial charge in [0.2, 0.25) is 0 Å². The third-order valence-corrected chi connectivity index (χ3v) is 3.37. The monoisotopic (exact) mass is 405 g/mol. The Morgan fingerprint density at radius 2 is 1.95 bits per heavy atom. The van der Waals surface area contributed by atoms with Gasteiger partial charge in [0.1, 0.15) is 11.6 Å². The summed E-state index contributed by atoms with van der Waals surface area (Å²) < 4.78 is 18.9. The number of amides is 1. The third-order valence-electron chi connectivity index (χ3n) is 2.39. The number of carbonyl (C=O) groups excluding carboxylic acids is 1. The number of hydrogen-bond acceptors (Lipinski definition) is 2. The van der Waals surface area contributed by atoms with Crippen molar-refractivity contribution in [2.75, 3.05) is 11.9 Å². The molecule has 104 valence electrons. The lowest BCUT2D eigenvalue weighted by Crippen LogP contribution is -2.20. The Bertz CT molecular complexity index is 619. The Morgan fingerprint density at radius 1 is 1.25 bits per heavy atom. The van der Waals surface area contributed by atoms with Crippen molar-refractivity contribution in [1.29, 1.82) is 0 Å². The van der Waals surface area contributed by atoms with Crippen molar-refractivity contribution in [3.8, 4) is 5.75 Å². The highest BCUT2D eigenvalue weighted by Gasteiger charge is 2.07. The molecule has 0 aliphatic carbocycles. The average Bonchev–Trinajstić information content (AvgIpc) is 2.41. The molecule has 6 heteroatoms. The fourth-order valence-corrected chi connectivity index (χ4v) is 2.36. The van der Waals surface area contributed by atoms with Gasteiger partial charge in [-0.25, -0.2) is 4.39 Å². The molecule has 1 N–H and O–H groups in total. The molecule has 0 fully saturated rings. The zero-order chi connectivity index (χ0) is 14.5. The van der Waals surface area contributed by atoms with E-state index in [2.05, 4.69) is 27.9 Å². The summed E-state index contributed by atoms with van der Waals surface area (Å²) in [4.78, 5) is 11.7. The molecule has 20 heavy (non-hydrogen) atoms. The Balaban J connectivity index is 1.90. The molecule has 2 aromatic rings. The minimum atomic E-state index is -0.354. The summed E-state index contributed by atoms with van der Waals surface area (Å²) >= 11 is 8.14. The quantitative estimate of drug-likeness (QED) is 0.778. The van der Waals surface area contributed by atoms with Crippen LogP contribution in [0.3, 0.4) is 0 Å². The van der Waals surface area contributed by atoms with E-state index in [0.717, 1.165) is 3.57 Å². The first-order valence-corrected chi connectivity index (χ1v) is 7.13. The summed E-state index contributed by atoms with van der Waals surface area (Å²) in [5.41, 5.74) is 0.528. The van der Waals surface area contributed by atoms with Crippen molar-refractivity contribution >= 4 is 45.8 Å². The van der Waals surface area contributed by atoms with Gasteiger partial charge >= 0.3 is 0 Å². The summed E-state index contributed by atoms with van der Waals surface area (Å²) in [5.74, 6) is -0.264. The van der Waals surface area contributed by atoms with Gasteiger partial charge in [-0.05, 0) is 65.1 Å². The molecule has 0 spiro atoms. The van der Waals surface area contributed by atoms with Gasteiger partial charge in [-0.3, -0.25) is 4.79 Å².